The molecule has 1 atom stereocenters. The molecule has 0 saturated carbocycles. The number of furan rings is 1. The zero-order valence-electron chi connectivity index (χ0n) is 9.95. The van der Waals surface area contributed by atoms with Crippen LogP contribution in [0.15, 0.2) is 10.5 Å². The maximum Gasteiger partial charge on any atom is 0.372 e. The fourth-order valence-electron chi connectivity index (χ4n) is 1.55. The molecule has 0 radical (unpaired) electrons. The Hall–Kier alpha value is -1.29. The van der Waals surface area contributed by atoms with Crippen LogP contribution < -0.4 is 0 Å². The number of hydrogen-bond acceptors (Lipinski definition) is 3. The van der Waals surface area contributed by atoms with Crippen LogP contribution in [0.3, 0.4) is 0 Å². The lowest BCUT2D eigenvalue weighted by Crippen LogP contribution is -2.06. The van der Waals surface area contributed by atoms with E-state index in [1.54, 1.807) is 13.0 Å². The fraction of sp³-hybridized carbons (Fsp3) is 0.583. The average molecular weight is 226 g/mol. The molecule has 0 aliphatic carbocycles. The van der Waals surface area contributed by atoms with Gasteiger partial charge in [0.25, 0.3) is 0 Å². The Morgan fingerprint density at radius 1 is 1.62 bits per heavy atom. The molecular weight excluding hydrogens is 208 g/mol. The highest BCUT2D eigenvalue weighted by atomic mass is 16.5. The van der Waals surface area contributed by atoms with E-state index in [-0.39, 0.29) is 11.9 Å². The third kappa shape index (κ3) is 3.38. The van der Waals surface area contributed by atoms with Gasteiger partial charge in [-0.3, -0.25) is 0 Å². The van der Waals surface area contributed by atoms with Crippen LogP contribution in [0.4, 0.5) is 0 Å². The smallest absolute Gasteiger partial charge is 0.372 e. The van der Waals surface area contributed by atoms with Crippen molar-refractivity contribution in [2.24, 2.45) is 0 Å². The minimum Gasteiger partial charge on any atom is -0.475 e. The zero-order chi connectivity index (χ0) is 12.1. The van der Waals surface area contributed by atoms with Crippen molar-refractivity contribution in [2.45, 2.75) is 46.3 Å². The van der Waals surface area contributed by atoms with Crippen LogP contribution in [0.5, 0.6) is 0 Å². The summed E-state index contributed by atoms with van der Waals surface area (Å²) in [5.74, 6) is -0.468. The topological polar surface area (TPSA) is 59.7 Å². The normalized spacial score (nSPS) is 12.7. The fourth-order valence-corrected chi connectivity index (χ4v) is 1.55. The Bertz CT molecular complexity index is 354. The van der Waals surface area contributed by atoms with Gasteiger partial charge in [0.15, 0.2) is 0 Å². The van der Waals surface area contributed by atoms with E-state index in [4.69, 9.17) is 14.3 Å². The SMILES string of the molecule is CCCC(C)OCc1cc(C)c(C(=O)O)o1. The third-order valence-corrected chi connectivity index (χ3v) is 2.37. The van der Waals surface area contributed by atoms with Crippen LogP contribution in [-0.2, 0) is 11.3 Å². The molecule has 4 nitrogen and oxygen atoms in total. The third-order valence-electron chi connectivity index (χ3n) is 2.37. The van der Waals surface area contributed by atoms with Crippen molar-refractivity contribution in [1.82, 2.24) is 0 Å². The van der Waals surface area contributed by atoms with E-state index < -0.39 is 5.97 Å². The summed E-state index contributed by atoms with van der Waals surface area (Å²) in [4.78, 5) is 10.7. The van der Waals surface area contributed by atoms with Crippen molar-refractivity contribution < 1.29 is 19.1 Å². The van der Waals surface area contributed by atoms with Crippen molar-refractivity contribution in [3.8, 4) is 0 Å². The van der Waals surface area contributed by atoms with Gasteiger partial charge >= 0.3 is 5.97 Å². The van der Waals surface area contributed by atoms with E-state index in [0.29, 0.717) is 17.9 Å². The molecule has 0 saturated heterocycles. The summed E-state index contributed by atoms with van der Waals surface area (Å²) >= 11 is 0. The molecule has 16 heavy (non-hydrogen) atoms. The largest absolute Gasteiger partial charge is 0.475 e. The Morgan fingerprint density at radius 2 is 2.31 bits per heavy atom. The minimum absolute atomic E-state index is 0.00162. The summed E-state index contributed by atoms with van der Waals surface area (Å²) < 4.78 is 10.7. The predicted molar refractivity (Wildman–Crippen MR) is 59.6 cm³/mol. The highest BCUT2D eigenvalue weighted by molar-refractivity contribution is 5.86. The number of aromatic carboxylic acids is 1. The van der Waals surface area contributed by atoms with Crippen LogP contribution in [-0.4, -0.2) is 17.2 Å². The molecule has 90 valence electrons. The number of carboxylic acids is 1. The Labute approximate surface area is 95.2 Å². The summed E-state index contributed by atoms with van der Waals surface area (Å²) in [5.41, 5.74) is 0.634. The van der Waals surface area contributed by atoms with Crippen LogP contribution in [0.1, 0.15) is 48.6 Å². The number of rotatable bonds is 6. The van der Waals surface area contributed by atoms with E-state index in [1.807, 2.05) is 6.92 Å². The second-order valence-electron chi connectivity index (χ2n) is 3.94. The molecule has 1 aromatic heterocycles. The molecule has 1 unspecified atom stereocenters. The van der Waals surface area contributed by atoms with Gasteiger partial charge in [-0.25, -0.2) is 4.79 Å². The number of carbonyl (C=O) groups is 1. The van der Waals surface area contributed by atoms with Gasteiger partial charge in [-0.05, 0) is 26.3 Å². The lowest BCUT2D eigenvalue weighted by atomic mass is 10.2. The van der Waals surface area contributed by atoms with Gasteiger partial charge in [0.2, 0.25) is 5.76 Å². The van der Waals surface area contributed by atoms with E-state index >= 15 is 0 Å². The number of carboxylic acid groups (broad SMARTS) is 1. The predicted octanol–water partition coefficient (Wildman–Crippen LogP) is 2.99. The first-order valence-electron chi connectivity index (χ1n) is 5.48. The summed E-state index contributed by atoms with van der Waals surface area (Å²) in [5, 5.41) is 8.81. The number of aryl methyl sites for hydroxylation is 1. The molecule has 1 rings (SSSR count). The highest BCUT2D eigenvalue weighted by Gasteiger charge is 2.14. The van der Waals surface area contributed by atoms with Crippen molar-refractivity contribution in [1.29, 1.82) is 0 Å². The first-order chi connectivity index (χ1) is 7.54. The molecular formula is C12H18O4. The zero-order valence-corrected chi connectivity index (χ0v) is 9.95. The summed E-state index contributed by atoms with van der Waals surface area (Å²) in [6, 6.07) is 1.71. The van der Waals surface area contributed by atoms with E-state index in [9.17, 15) is 4.79 Å². The summed E-state index contributed by atoms with van der Waals surface area (Å²) in [7, 11) is 0. The van der Waals surface area contributed by atoms with Crippen LogP contribution in [0, 0.1) is 6.92 Å². The summed E-state index contributed by atoms with van der Waals surface area (Å²) in [6.07, 6.45) is 2.23. The standard InChI is InChI=1S/C12H18O4/c1-4-5-9(3)15-7-10-6-8(2)11(16-10)12(13)14/h6,9H,4-5,7H2,1-3H3,(H,13,14). The van der Waals surface area contributed by atoms with Gasteiger partial charge in [0, 0.05) is 5.56 Å². The molecule has 1 aromatic rings. The van der Waals surface area contributed by atoms with Gasteiger partial charge in [-0.15, -0.1) is 0 Å². The van der Waals surface area contributed by atoms with Crippen molar-refractivity contribution in [2.75, 3.05) is 0 Å². The first-order valence-corrected chi connectivity index (χ1v) is 5.48. The molecule has 1 heterocycles. The van der Waals surface area contributed by atoms with Crippen molar-refractivity contribution >= 4 is 5.97 Å². The Kier molecular flexibility index (Phi) is 4.55. The van der Waals surface area contributed by atoms with Gasteiger partial charge in [0.1, 0.15) is 12.4 Å². The molecule has 0 amide bonds. The Morgan fingerprint density at radius 3 is 2.81 bits per heavy atom. The molecule has 4 heteroatoms. The molecule has 0 fully saturated rings. The summed E-state index contributed by atoms with van der Waals surface area (Å²) in [6.45, 7) is 6.14. The maximum atomic E-state index is 10.7. The van der Waals surface area contributed by atoms with E-state index in [0.717, 1.165) is 12.8 Å². The molecule has 1 N–H and O–H groups in total. The van der Waals surface area contributed by atoms with Gasteiger partial charge in [-0.1, -0.05) is 13.3 Å². The lowest BCUT2D eigenvalue weighted by molar-refractivity contribution is 0.0358. The second kappa shape index (κ2) is 5.70. The quantitative estimate of drug-likeness (QED) is 0.810. The molecule has 0 aliphatic rings. The Balaban J connectivity index is 2.55. The number of hydrogen-bond donors (Lipinski definition) is 1. The van der Waals surface area contributed by atoms with Crippen LogP contribution in [0.2, 0.25) is 0 Å². The minimum atomic E-state index is -1.04. The molecule has 0 bridgehead atoms. The van der Waals surface area contributed by atoms with E-state index in [2.05, 4.69) is 6.92 Å². The van der Waals surface area contributed by atoms with Gasteiger partial charge < -0.3 is 14.3 Å². The maximum absolute atomic E-state index is 10.7. The van der Waals surface area contributed by atoms with Gasteiger partial charge in [-0.2, -0.15) is 0 Å². The van der Waals surface area contributed by atoms with Crippen molar-refractivity contribution in [3.05, 3.63) is 23.2 Å². The highest BCUT2D eigenvalue weighted by Crippen LogP contribution is 2.16. The number of ether oxygens (including phenoxy) is 1. The molecule has 0 aromatic carbocycles. The van der Waals surface area contributed by atoms with Gasteiger partial charge in [0.05, 0.1) is 6.10 Å². The lowest BCUT2D eigenvalue weighted by Gasteiger charge is -2.09. The van der Waals surface area contributed by atoms with Crippen LogP contribution in [0.25, 0.3) is 0 Å². The first kappa shape index (κ1) is 12.8. The van der Waals surface area contributed by atoms with Crippen molar-refractivity contribution in [3.63, 3.8) is 0 Å². The monoisotopic (exact) mass is 226 g/mol. The molecule has 0 spiro atoms. The van der Waals surface area contributed by atoms with Crippen LogP contribution >= 0.6 is 0 Å². The average Bonchev–Trinajstić information content (AvgIpc) is 2.57. The van der Waals surface area contributed by atoms with E-state index in [1.165, 1.54) is 0 Å². The molecule has 0 aliphatic heterocycles. The second-order valence-corrected chi connectivity index (χ2v) is 3.94.